The third kappa shape index (κ3) is 3.81. The van der Waals surface area contributed by atoms with E-state index in [-0.39, 0.29) is 10.6 Å². The highest BCUT2D eigenvalue weighted by Crippen LogP contribution is 2.31. The van der Waals surface area contributed by atoms with Gasteiger partial charge in [-0.05, 0) is 43.3 Å². The average Bonchev–Trinajstić information content (AvgIpc) is 3.07. The molecule has 8 heteroatoms. The van der Waals surface area contributed by atoms with Crippen molar-refractivity contribution in [2.75, 3.05) is 14.2 Å². The van der Waals surface area contributed by atoms with Crippen LogP contribution in [0.1, 0.15) is 5.69 Å². The van der Waals surface area contributed by atoms with Crippen LogP contribution in [0, 0.1) is 6.92 Å². The van der Waals surface area contributed by atoms with Gasteiger partial charge >= 0.3 is 10.1 Å². The average molecular weight is 391 g/mol. The van der Waals surface area contributed by atoms with E-state index < -0.39 is 10.1 Å². The van der Waals surface area contributed by atoms with Crippen molar-refractivity contribution in [1.29, 1.82) is 0 Å². The van der Waals surface area contributed by atoms with Crippen molar-refractivity contribution in [2.24, 2.45) is 0 Å². The Morgan fingerprint density at radius 3 is 2.23 bits per heavy atom. The van der Waals surface area contributed by atoms with Gasteiger partial charge in [0.2, 0.25) is 0 Å². The van der Waals surface area contributed by atoms with Crippen molar-refractivity contribution in [3.8, 4) is 27.8 Å². The number of benzene rings is 2. The standard InChI is InChI=1S/C18H17NO5S2/c1-12-11-25-18(19-12)13-4-6-14(7-5-13)24-26(20,21)15-8-9-16(22-2)17(10-15)23-3/h4-11H,1-3H3. The maximum absolute atomic E-state index is 12.5. The first-order chi connectivity index (χ1) is 12.4. The number of thiazole rings is 1. The molecule has 0 saturated carbocycles. The summed E-state index contributed by atoms with van der Waals surface area (Å²) in [5.74, 6) is 0.970. The molecule has 6 nitrogen and oxygen atoms in total. The van der Waals surface area contributed by atoms with Crippen molar-refractivity contribution < 1.29 is 22.1 Å². The topological polar surface area (TPSA) is 74.7 Å². The summed E-state index contributed by atoms with van der Waals surface area (Å²) in [5.41, 5.74) is 1.85. The third-order valence-electron chi connectivity index (χ3n) is 3.57. The van der Waals surface area contributed by atoms with E-state index in [1.807, 2.05) is 12.3 Å². The van der Waals surface area contributed by atoms with E-state index in [0.717, 1.165) is 16.3 Å². The SMILES string of the molecule is COc1ccc(S(=O)(=O)Oc2ccc(-c3nc(C)cs3)cc2)cc1OC. The van der Waals surface area contributed by atoms with Crippen LogP contribution >= 0.6 is 11.3 Å². The Balaban J connectivity index is 1.83. The van der Waals surface area contributed by atoms with Crippen LogP contribution in [-0.2, 0) is 10.1 Å². The molecule has 3 aromatic rings. The molecular weight excluding hydrogens is 374 g/mol. The third-order valence-corrected chi connectivity index (χ3v) is 5.82. The van der Waals surface area contributed by atoms with E-state index in [0.29, 0.717) is 11.5 Å². The maximum atomic E-state index is 12.5. The normalized spacial score (nSPS) is 11.2. The molecule has 2 aromatic carbocycles. The largest absolute Gasteiger partial charge is 0.493 e. The molecule has 136 valence electrons. The van der Waals surface area contributed by atoms with Crippen LogP contribution in [-0.4, -0.2) is 27.6 Å². The Morgan fingerprint density at radius 1 is 0.962 bits per heavy atom. The van der Waals surface area contributed by atoms with Gasteiger partial charge in [-0.25, -0.2) is 4.98 Å². The van der Waals surface area contributed by atoms with E-state index in [4.69, 9.17) is 13.7 Å². The monoisotopic (exact) mass is 391 g/mol. The fourth-order valence-electron chi connectivity index (χ4n) is 2.29. The van der Waals surface area contributed by atoms with E-state index in [2.05, 4.69) is 4.98 Å². The zero-order valence-electron chi connectivity index (χ0n) is 14.4. The smallest absolute Gasteiger partial charge is 0.339 e. The maximum Gasteiger partial charge on any atom is 0.339 e. The summed E-state index contributed by atoms with van der Waals surface area (Å²) in [6, 6.07) is 11.0. The van der Waals surface area contributed by atoms with E-state index in [1.165, 1.54) is 43.8 Å². The van der Waals surface area contributed by atoms with Crippen molar-refractivity contribution in [2.45, 2.75) is 11.8 Å². The molecule has 0 aliphatic rings. The van der Waals surface area contributed by atoms with Crippen LogP contribution in [0.25, 0.3) is 10.6 Å². The Kier molecular flexibility index (Phi) is 5.15. The Hall–Kier alpha value is -2.58. The molecule has 0 saturated heterocycles. The molecule has 0 atom stereocenters. The quantitative estimate of drug-likeness (QED) is 0.593. The summed E-state index contributed by atoms with van der Waals surface area (Å²) in [4.78, 5) is 4.38. The van der Waals surface area contributed by atoms with Gasteiger partial charge in [0.15, 0.2) is 11.5 Å². The molecule has 1 aromatic heterocycles. The zero-order chi connectivity index (χ0) is 18.7. The molecule has 0 bridgehead atoms. The van der Waals surface area contributed by atoms with Crippen LogP contribution in [0.5, 0.6) is 17.2 Å². The lowest BCUT2D eigenvalue weighted by molar-refractivity contribution is 0.353. The van der Waals surface area contributed by atoms with Crippen molar-refractivity contribution in [3.63, 3.8) is 0 Å². The lowest BCUT2D eigenvalue weighted by Crippen LogP contribution is -2.10. The molecule has 1 heterocycles. The molecule has 0 aliphatic heterocycles. The van der Waals surface area contributed by atoms with Crippen molar-refractivity contribution in [1.82, 2.24) is 4.98 Å². The number of ether oxygens (including phenoxy) is 2. The molecule has 0 spiro atoms. The summed E-state index contributed by atoms with van der Waals surface area (Å²) < 4.78 is 40.5. The highest BCUT2D eigenvalue weighted by molar-refractivity contribution is 7.87. The Bertz CT molecular complexity index is 1010. The molecule has 0 radical (unpaired) electrons. The number of hydrogen-bond donors (Lipinski definition) is 0. The van der Waals surface area contributed by atoms with Gasteiger partial charge in [-0.2, -0.15) is 8.42 Å². The fraction of sp³-hybridized carbons (Fsp3) is 0.167. The second kappa shape index (κ2) is 7.35. The zero-order valence-corrected chi connectivity index (χ0v) is 16.1. The molecule has 3 rings (SSSR count). The number of methoxy groups -OCH3 is 2. The van der Waals surface area contributed by atoms with Crippen molar-refractivity contribution >= 4 is 21.5 Å². The number of aromatic nitrogens is 1. The van der Waals surface area contributed by atoms with Gasteiger partial charge in [-0.15, -0.1) is 11.3 Å². The molecule has 0 aliphatic carbocycles. The highest BCUT2D eigenvalue weighted by Gasteiger charge is 2.19. The van der Waals surface area contributed by atoms with Crippen LogP contribution in [0.3, 0.4) is 0 Å². The van der Waals surface area contributed by atoms with Gasteiger partial charge in [-0.3, -0.25) is 0 Å². The second-order valence-corrected chi connectivity index (χ2v) is 7.78. The first-order valence-corrected chi connectivity index (χ1v) is 9.91. The summed E-state index contributed by atoms with van der Waals surface area (Å²) in [6.45, 7) is 1.92. The summed E-state index contributed by atoms with van der Waals surface area (Å²) >= 11 is 1.53. The van der Waals surface area contributed by atoms with Gasteiger partial charge in [0.05, 0.1) is 14.2 Å². The van der Waals surface area contributed by atoms with Gasteiger partial charge < -0.3 is 13.7 Å². The molecule has 0 unspecified atom stereocenters. The first kappa shape index (κ1) is 18.2. The fourth-order valence-corrected chi connectivity index (χ4v) is 4.04. The second-order valence-electron chi connectivity index (χ2n) is 5.37. The number of hydrogen-bond acceptors (Lipinski definition) is 7. The minimum absolute atomic E-state index is 0.0187. The van der Waals surface area contributed by atoms with Gasteiger partial charge in [0.25, 0.3) is 0 Å². The highest BCUT2D eigenvalue weighted by atomic mass is 32.2. The van der Waals surface area contributed by atoms with Crippen LogP contribution in [0.2, 0.25) is 0 Å². The Labute approximate surface area is 156 Å². The van der Waals surface area contributed by atoms with Crippen molar-refractivity contribution in [3.05, 3.63) is 53.5 Å². The van der Waals surface area contributed by atoms with E-state index >= 15 is 0 Å². The molecule has 0 N–H and O–H groups in total. The van der Waals surface area contributed by atoms with E-state index in [9.17, 15) is 8.42 Å². The molecule has 26 heavy (non-hydrogen) atoms. The van der Waals surface area contributed by atoms with Gasteiger partial charge in [0, 0.05) is 22.7 Å². The lowest BCUT2D eigenvalue weighted by atomic mass is 10.2. The molecule has 0 fully saturated rings. The van der Waals surface area contributed by atoms with Gasteiger partial charge in [0.1, 0.15) is 15.7 Å². The summed E-state index contributed by atoms with van der Waals surface area (Å²) in [5, 5.41) is 2.83. The number of rotatable bonds is 6. The predicted molar refractivity (Wildman–Crippen MR) is 99.6 cm³/mol. The minimum atomic E-state index is -3.99. The summed E-state index contributed by atoms with van der Waals surface area (Å²) in [6.07, 6.45) is 0. The summed E-state index contributed by atoms with van der Waals surface area (Å²) in [7, 11) is -1.07. The predicted octanol–water partition coefficient (Wildman–Crippen LogP) is 3.90. The van der Waals surface area contributed by atoms with Gasteiger partial charge in [-0.1, -0.05) is 0 Å². The Morgan fingerprint density at radius 2 is 1.65 bits per heavy atom. The van der Waals surface area contributed by atoms with E-state index in [1.54, 1.807) is 24.3 Å². The van der Waals surface area contributed by atoms with Crippen LogP contribution < -0.4 is 13.7 Å². The van der Waals surface area contributed by atoms with Crippen LogP contribution in [0.15, 0.2) is 52.7 Å². The number of nitrogens with zero attached hydrogens (tertiary/aromatic N) is 1. The minimum Gasteiger partial charge on any atom is -0.493 e. The molecular formula is C18H17NO5S2. The van der Waals surface area contributed by atoms with Crippen LogP contribution in [0.4, 0.5) is 0 Å². The first-order valence-electron chi connectivity index (χ1n) is 7.62. The number of aryl methyl sites for hydroxylation is 1. The lowest BCUT2D eigenvalue weighted by Gasteiger charge is -2.11. The molecule has 0 amide bonds.